The van der Waals surface area contributed by atoms with Gasteiger partial charge in [0.25, 0.3) is 0 Å². The summed E-state index contributed by atoms with van der Waals surface area (Å²) in [6.07, 6.45) is 0.00693. The number of aliphatic hydroxyl groups is 1. The number of aliphatic hydroxyl groups excluding tert-OH is 1. The fraction of sp³-hybridized carbons (Fsp3) is 0.833. The predicted molar refractivity (Wildman–Crippen MR) is 65.8 cm³/mol. The Bertz CT molecular complexity index is 337. The SMILES string of the molecule is CC(C)(C)OC(=O)NC1CC[N+](C)(CCO)C1=O. The number of ether oxygens (including phenoxy) is 1. The molecule has 2 unspecified atom stereocenters. The summed E-state index contributed by atoms with van der Waals surface area (Å²) in [5, 5.41) is 11.5. The van der Waals surface area contributed by atoms with E-state index < -0.39 is 17.7 Å². The van der Waals surface area contributed by atoms with Crippen LogP contribution in [0.1, 0.15) is 27.2 Å². The number of hydrogen-bond acceptors (Lipinski definition) is 4. The van der Waals surface area contributed by atoms with E-state index in [4.69, 9.17) is 9.84 Å². The minimum absolute atomic E-state index is 0.0403. The normalized spacial score (nSPS) is 28.3. The van der Waals surface area contributed by atoms with E-state index in [2.05, 4.69) is 5.32 Å². The lowest BCUT2D eigenvalue weighted by Crippen LogP contribution is -2.52. The van der Waals surface area contributed by atoms with Crippen molar-refractivity contribution in [2.75, 3.05) is 26.7 Å². The molecule has 1 saturated heterocycles. The number of hydrogen-bond donors (Lipinski definition) is 2. The van der Waals surface area contributed by atoms with E-state index in [0.717, 1.165) is 0 Å². The summed E-state index contributed by atoms with van der Waals surface area (Å²) in [6.45, 7) is 6.28. The van der Waals surface area contributed by atoms with Crippen LogP contribution in [0.25, 0.3) is 0 Å². The van der Waals surface area contributed by atoms with Crippen LogP contribution in [0.3, 0.4) is 0 Å². The van der Waals surface area contributed by atoms with Crippen LogP contribution < -0.4 is 5.32 Å². The molecule has 0 aromatic rings. The van der Waals surface area contributed by atoms with E-state index in [-0.39, 0.29) is 17.0 Å². The summed E-state index contributed by atoms with van der Waals surface area (Å²) in [5.41, 5.74) is -0.574. The van der Waals surface area contributed by atoms with Crippen molar-refractivity contribution in [2.45, 2.75) is 38.8 Å². The van der Waals surface area contributed by atoms with Gasteiger partial charge in [-0.15, -0.1) is 0 Å². The lowest BCUT2D eigenvalue weighted by Gasteiger charge is -2.26. The molecule has 0 saturated carbocycles. The average molecular weight is 259 g/mol. The van der Waals surface area contributed by atoms with Crippen LogP contribution in [-0.2, 0) is 9.53 Å². The highest BCUT2D eigenvalue weighted by Gasteiger charge is 2.45. The molecule has 1 heterocycles. The first kappa shape index (κ1) is 14.9. The molecule has 2 N–H and O–H groups in total. The third-order valence-corrected chi connectivity index (χ3v) is 3.03. The molecule has 0 spiro atoms. The quantitative estimate of drug-likeness (QED) is 0.712. The molecular weight excluding hydrogens is 236 g/mol. The number of amides is 2. The second-order valence-corrected chi connectivity index (χ2v) is 5.89. The van der Waals surface area contributed by atoms with E-state index in [9.17, 15) is 9.59 Å². The molecule has 0 bridgehead atoms. The molecule has 1 aliphatic heterocycles. The molecule has 0 aromatic heterocycles. The van der Waals surface area contributed by atoms with Gasteiger partial charge in [-0.3, -0.25) is 4.48 Å². The Morgan fingerprint density at radius 3 is 2.67 bits per heavy atom. The third kappa shape index (κ3) is 3.68. The number of alkyl carbamates (subject to hydrolysis) is 1. The molecule has 1 rings (SSSR count). The van der Waals surface area contributed by atoms with Gasteiger partial charge in [-0.1, -0.05) is 0 Å². The first-order valence-corrected chi connectivity index (χ1v) is 6.17. The van der Waals surface area contributed by atoms with E-state index in [1.54, 1.807) is 27.8 Å². The van der Waals surface area contributed by atoms with Gasteiger partial charge in [-0.05, 0) is 20.8 Å². The average Bonchev–Trinajstić information content (AvgIpc) is 2.44. The molecule has 6 heteroatoms. The Balaban J connectivity index is 2.56. The molecule has 1 aliphatic rings. The van der Waals surface area contributed by atoms with Crippen LogP contribution in [-0.4, -0.2) is 60.0 Å². The molecule has 2 amide bonds. The number of likely N-dealkylation sites (tertiary alicyclic amines) is 1. The number of nitrogens with one attached hydrogen (secondary N) is 1. The fourth-order valence-electron chi connectivity index (χ4n) is 2.05. The summed E-state index contributed by atoms with van der Waals surface area (Å²) < 4.78 is 5.28. The lowest BCUT2D eigenvalue weighted by molar-refractivity contribution is -0.826. The van der Waals surface area contributed by atoms with Gasteiger partial charge in [0.1, 0.15) is 12.1 Å². The number of rotatable bonds is 3. The first-order valence-electron chi connectivity index (χ1n) is 6.17. The third-order valence-electron chi connectivity index (χ3n) is 3.03. The van der Waals surface area contributed by atoms with Crippen LogP contribution in [0.5, 0.6) is 0 Å². The molecule has 1 fully saturated rings. The highest BCUT2D eigenvalue weighted by molar-refractivity contribution is 5.82. The van der Waals surface area contributed by atoms with Crippen molar-refractivity contribution in [3.63, 3.8) is 0 Å². The van der Waals surface area contributed by atoms with Gasteiger partial charge < -0.3 is 15.2 Å². The zero-order chi connectivity index (χ0) is 14.0. The molecule has 104 valence electrons. The van der Waals surface area contributed by atoms with Crippen molar-refractivity contribution >= 4 is 12.0 Å². The van der Waals surface area contributed by atoms with Crippen molar-refractivity contribution in [2.24, 2.45) is 0 Å². The van der Waals surface area contributed by atoms with Gasteiger partial charge >= 0.3 is 12.0 Å². The van der Waals surface area contributed by atoms with Crippen molar-refractivity contribution in [1.29, 1.82) is 0 Å². The van der Waals surface area contributed by atoms with Gasteiger partial charge in [0.15, 0.2) is 6.04 Å². The Kier molecular flexibility index (Phi) is 4.34. The number of likely N-dealkylation sites (N-methyl/N-ethyl adjacent to an activating group) is 1. The summed E-state index contributed by atoms with van der Waals surface area (Å²) in [5.74, 6) is -0.0742. The summed E-state index contributed by atoms with van der Waals surface area (Å²) in [7, 11) is 1.77. The van der Waals surface area contributed by atoms with E-state index in [0.29, 0.717) is 19.5 Å². The zero-order valence-corrected chi connectivity index (χ0v) is 11.5. The topological polar surface area (TPSA) is 75.6 Å². The molecule has 0 aliphatic carbocycles. The van der Waals surface area contributed by atoms with Gasteiger partial charge in [0, 0.05) is 6.42 Å². The molecule has 2 atom stereocenters. The standard InChI is InChI=1S/C12H22N2O4/c1-12(2,3)18-11(17)13-9-5-6-14(4,7-8-15)10(9)16/h9,15H,5-8H2,1-4H3/p+1. The Hall–Kier alpha value is -1.14. The monoisotopic (exact) mass is 259 g/mol. The molecule has 6 nitrogen and oxygen atoms in total. The Labute approximate surface area is 107 Å². The van der Waals surface area contributed by atoms with Crippen molar-refractivity contribution in [3.8, 4) is 0 Å². The van der Waals surface area contributed by atoms with Crippen molar-refractivity contribution in [3.05, 3.63) is 0 Å². The van der Waals surface area contributed by atoms with Gasteiger partial charge in [-0.2, -0.15) is 0 Å². The van der Waals surface area contributed by atoms with Crippen molar-refractivity contribution < 1.29 is 23.9 Å². The van der Waals surface area contributed by atoms with Crippen LogP contribution in [0.4, 0.5) is 4.79 Å². The fourth-order valence-corrected chi connectivity index (χ4v) is 2.05. The maximum atomic E-state index is 12.1. The van der Waals surface area contributed by atoms with Crippen molar-refractivity contribution in [1.82, 2.24) is 5.32 Å². The van der Waals surface area contributed by atoms with Crippen LogP contribution in [0.15, 0.2) is 0 Å². The van der Waals surface area contributed by atoms with Gasteiger partial charge in [0.05, 0.1) is 20.2 Å². The molecular formula is C12H23N2O4+. The molecule has 0 aromatic carbocycles. The highest BCUT2D eigenvalue weighted by atomic mass is 16.6. The molecule has 18 heavy (non-hydrogen) atoms. The summed E-state index contributed by atoms with van der Waals surface area (Å²) in [6, 6.07) is -0.517. The van der Waals surface area contributed by atoms with E-state index in [1.807, 2.05) is 0 Å². The summed E-state index contributed by atoms with van der Waals surface area (Å²) in [4.78, 5) is 23.7. The second-order valence-electron chi connectivity index (χ2n) is 5.89. The number of carbonyl (C=O) groups is 2. The number of carbonyl (C=O) groups excluding carboxylic acids is 2. The maximum Gasteiger partial charge on any atom is 0.408 e. The summed E-state index contributed by atoms with van der Waals surface area (Å²) >= 11 is 0. The first-order chi connectivity index (χ1) is 8.18. The lowest BCUT2D eigenvalue weighted by atomic mass is 10.2. The predicted octanol–water partition coefficient (Wildman–Crippen LogP) is 0.249. The molecule has 0 radical (unpaired) electrons. The van der Waals surface area contributed by atoms with Gasteiger partial charge in [0.2, 0.25) is 0 Å². The highest BCUT2D eigenvalue weighted by Crippen LogP contribution is 2.19. The Morgan fingerprint density at radius 2 is 2.17 bits per heavy atom. The van der Waals surface area contributed by atoms with Gasteiger partial charge in [-0.25, -0.2) is 9.59 Å². The van der Waals surface area contributed by atoms with E-state index in [1.165, 1.54) is 0 Å². The van der Waals surface area contributed by atoms with Crippen LogP contribution in [0, 0.1) is 0 Å². The largest absolute Gasteiger partial charge is 0.444 e. The van der Waals surface area contributed by atoms with Crippen LogP contribution >= 0.6 is 0 Å². The maximum absolute atomic E-state index is 12.1. The zero-order valence-electron chi connectivity index (χ0n) is 11.5. The number of quaternary nitrogens is 1. The van der Waals surface area contributed by atoms with E-state index >= 15 is 0 Å². The Morgan fingerprint density at radius 1 is 1.56 bits per heavy atom. The minimum atomic E-state index is -0.574. The minimum Gasteiger partial charge on any atom is -0.444 e. The number of nitrogens with zero attached hydrogens (tertiary/aromatic N) is 1. The smallest absolute Gasteiger partial charge is 0.408 e. The second kappa shape index (κ2) is 5.24. The van der Waals surface area contributed by atoms with Crippen LogP contribution in [0.2, 0.25) is 0 Å².